The molecule has 118 valence electrons. The third-order valence-electron chi connectivity index (χ3n) is 5.24. The molecule has 0 amide bonds. The van der Waals surface area contributed by atoms with Crippen LogP contribution in [0, 0.1) is 11.3 Å². The van der Waals surface area contributed by atoms with Crippen LogP contribution in [0.3, 0.4) is 0 Å². The van der Waals surface area contributed by atoms with Gasteiger partial charge in [-0.3, -0.25) is 0 Å². The summed E-state index contributed by atoms with van der Waals surface area (Å²) in [6, 6.07) is 10.9. The molecule has 2 heterocycles. The zero-order valence-corrected chi connectivity index (χ0v) is 13.3. The Morgan fingerprint density at radius 2 is 2.23 bits per heavy atom. The van der Waals surface area contributed by atoms with Crippen molar-refractivity contribution in [3.63, 3.8) is 0 Å². The van der Waals surface area contributed by atoms with Crippen LogP contribution in [-0.2, 0) is 10.3 Å². The molecule has 4 nitrogen and oxygen atoms in total. The van der Waals surface area contributed by atoms with Crippen LogP contribution in [0.4, 0.5) is 0 Å². The molecule has 2 saturated heterocycles. The Balaban J connectivity index is 1.79. The average molecular weight is 299 g/mol. The van der Waals surface area contributed by atoms with Crippen molar-refractivity contribution in [1.82, 2.24) is 10.2 Å². The van der Waals surface area contributed by atoms with Gasteiger partial charge in [-0.1, -0.05) is 12.1 Å². The zero-order chi connectivity index (χ0) is 15.4. The van der Waals surface area contributed by atoms with E-state index >= 15 is 0 Å². The molecule has 1 atom stereocenters. The Bertz CT molecular complexity index is 546. The van der Waals surface area contributed by atoms with Crippen LogP contribution in [0.1, 0.15) is 36.8 Å². The van der Waals surface area contributed by atoms with E-state index in [1.165, 1.54) is 24.9 Å². The van der Waals surface area contributed by atoms with E-state index in [2.05, 4.69) is 29.4 Å². The molecule has 0 spiro atoms. The maximum Gasteiger partial charge on any atom is 0.0991 e. The third kappa shape index (κ3) is 3.17. The predicted molar refractivity (Wildman–Crippen MR) is 86.5 cm³/mol. The fourth-order valence-corrected chi connectivity index (χ4v) is 3.72. The fourth-order valence-electron chi connectivity index (χ4n) is 3.72. The van der Waals surface area contributed by atoms with Crippen LogP contribution >= 0.6 is 0 Å². The van der Waals surface area contributed by atoms with E-state index in [1.54, 1.807) is 0 Å². The lowest BCUT2D eigenvalue weighted by molar-refractivity contribution is 0.0343. The molecule has 1 unspecified atom stereocenters. The minimum atomic E-state index is -0.0471. The summed E-state index contributed by atoms with van der Waals surface area (Å²) < 4.78 is 5.58. The highest BCUT2D eigenvalue weighted by Gasteiger charge is 2.35. The van der Waals surface area contributed by atoms with E-state index < -0.39 is 0 Å². The lowest BCUT2D eigenvalue weighted by Crippen LogP contribution is -2.50. The second-order valence-corrected chi connectivity index (χ2v) is 6.54. The van der Waals surface area contributed by atoms with E-state index in [0.717, 1.165) is 38.2 Å². The predicted octanol–water partition coefficient (Wildman–Crippen LogP) is 2.25. The summed E-state index contributed by atoms with van der Waals surface area (Å²) in [5.74, 6) is 0. The van der Waals surface area contributed by atoms with Crippen LogP contribution in [0.25, 0.3) is 0 Å². The molecule has 2 aliphatic rings. The molecule has 0 aromatic heterocycles. The number of nitrogens with zero attached hydrogens (tertiary/aromatic N) is 2. The zero-order valence-electron chi connectivity index (χ0n) is 13.3. The van der Waals surface area contributed by atoms with Crippen LogP contribution in [-0.4, -0.2) is 44.3 Å². The van der Waals surface area contributed by atoms with Crippen molar-refractivity contribution in [1.29, 1.82) is 5.26 Å². The Labute approximate surface area is 133 Å². The molecule has 2 fully saturated rings. The van der Waals surface area contributed by atoms with E-state index in [0.29, 0.717) is 6.04 Å². The van der Waals surface area contributed by atoms with Gasteiger partial charge in [-0.2, -0.15) is 5.26 Å². The average Bonchev–Trinajstić information content (AvgIpc) is 2.99. The molecule has 1 aromatic carbocycles. The minimum absolute atomic E-state index is 0.0471. The standard InChI is InChI=1S/C18H25N3O/c1-21-9-3-6-17(21)14-20-18(7-10-22-11-8-18)16-5-2-4-15(12-16)13-19/h2,4-5,12,17,20H,3,6-11,14H2,1H3. The van der Waals surface area contributed by atoms with Crippen molar-refractivity contribution in [2.45, 2.75) is 37.3 Å². The molecule has 4 heteroatoms. The molecule has 0 radical (unpaired) electrons. The number of hydrogen-bond donors (Lipinski definition) is 1. The maximum atomic E-state index is 9.18. The summed E-state index contributed by atoms with van der Waals surface area (Å²) in [5, 5.41) is 13.0. The molecule has 0 aliphatic carbocycles. The number of benzene rings is 1. The SMILES string of the molecule is CN1CCCC1CNC1(c2cccc(C#N)c2)CCOCC1. The first-order valence-electron chi connectivity index (χ1n) is 8.27. The van der Waals surface area contributed by atoms with E-state index in [-0.39, 0.29) is 5.54 Å². The number of nitrogens with one attached hydrogen (secondary N) is 1. The number of likely N-dealkylation sites (tertiary alicyclic amines) is 1. The largest absolute Gasteiger partial charge is 0.381 e. The van der Waals surface area contributed by atoms with Crippen molar-refractivity contribution < 1.29 is 4.74 Å². The second kappa shape index (κ2) is 6.78. The minimum Gasteiger partial charge on any atom is -0.381 e. The highest BCUT2D eigenvalue weighted by atomic mass is 16.5. The van der Waals surface area contributed by atoms with Gasteiger partial charge in [0.25, 0.3) is 0 Å². The quantitative estimate of drug-likeness (QED) is 0.926. The first-order chi connectivity index (χ1) is 10.7. The summed E-state index contributed by atoms with van der Waals surface area (Å²) in [4.78, 5) is 2.45. The summed E-state index contributed by atoms with van der Waals surface area (Å²) in [7, 11) is 2.21. The lowest BCUT2D eigenvalue weighted by atomic mass is 9.82. The summed E-state index contributed by atoms with van der Waals surface area (Å²) >= 11 is 0. The summed E-state index contributed by atoms with van der Waals surface area (Å²) in [5.41, 5.74) is 1.92. The van der Waals surface area contributed by atoms with Crippen molar-refractivity contribution in [2.75, 3.05) is 33.4 Å². The van der Waals surface area contributed by atoms with Gasteiger partial charge in [0.05, 0.1) is 11.6 Å². The lowest BCUT2D eigenvalue weighted by Gasteiger charge is -2.40. The third-order valence-corrected chi connectivity index (χ3v) is 5.24. The smallest absolute Gasteiger partial charge is 0.0991 e. The Morgan fingerprint density at radius 1 is 1.41 bits per heavy atom. The Hall–Kier alpha value is -1.41. The molecule has 1 aromatic rings. The fraction of sp³-hybridized carbons (Fsp3) is 0.611. The highest BCUT2D eigenvalue weighted by Crippen LogP contribution is 2.33. The van der Waals surface area contributed by atoms with Crippen LogP contribution in [0.2, 0.25) is 0 Å². The first kappa shape index (κ1) is 15.5. The highest BCUT2D eigenvalue weighted by molar-refractivity contribution is 5.36. The molecule has 0 bridgehead atoms. The monoisotopic (exact) mass is 299 g/mol. The van der Waals surface area contributed by atoms with Gasteiger partial charge >= 0.3 is 0 Å². The molecular formula is C18H25N3O. The Morgan fingerprint density at radius 3 is 2.91 bits per heavy atom. The second-order valence-electron chi connectivity index (χ2n) is 6.54. The van der Waals surface area contributed by atoms with Gasteiger partial charge in [-0.05, 0) is 57.0 Å². The van der Waals surface area contributed by atoms with Crippen molar-refractivity contribution in [3.05, 3.63) is 35.4 Å². The van der Waals surface area contributed by atoms with Gasteiger partial charge < -0.3 is 15.0 Å². The van der Waals surface area contributed by atoms with Crippen LogP contribution in [0.15, 0.2) is 24.3 Å². The van der Waals surface area contributed by atoms with Crippen molar-refractivity contribution in [3.8, 4) is 6.07 Å². The van der Waals surface area contributed by atoms with Crippen molar-refractivity contribution in [2.24, 2.45) is 0 Å². The molecule has 3 rings (SSSR count). The van der Waals surface area contributed by atoms with Gasteiger partial charge in [0, 0.05) is 31.3 Å². The molecular weight excluding hydrogens is 274 g/mol. The van der Waals surface area contributed by atoms with Gasteiger partial charge in [0.1, 0.15) is 0 Å². The first-order valence-corrected chi connectivity index (χ1v) is 8.27. The number of rotatable bonds is 4. The summed E-state index contributed by atoms with van der Waals surface area (Å²) in [6.07, 6.45) is 4.51. The van der Waals surface area contributed by atoms with Crippen LogP contribution < -0.4 is 5.32 Å². The molecule has 2 aliphatic heterocycles. The van der Waals surface area contributed by atoms with Crippen LogP contribution in [0.5, 0.6) is 0 Å². The number of hydrogen-bond acceptors (Lipinski definition) is 4. The molecule has 1 N–H and O–H groups in total. The molecule has 0 saturated carbocycles. The van der Waals surface area contributed by atoms with Gasteiger partial charge in [-0.15, -0.1) is 0 Å². The van der Waals surface area contributed by atoms with Gasteiger partial charge in [-0.25, -0.2) is 0 Å². The van der Waals surface area contributed by atoms with E-state index in [4.69, 9.17) is 4.74 Å². The number of ether oxygens (including phenoxy) is 1. The van der Waals surface area contributed by atoms with E-state index in [9.17, 15) is 5.26 Å². The van der Waals surface area contributed by atoms with Gasteiger partial charge in [0.15, 0.2) is 0 Å². The molecule has 22 heavy (non-hydrogen) atoms. The van der Waals surface area contributed by atoms with E-state index in [1.807, 2.05) is 18.2 Å². The number of likely N-dealkylation sites (N-methyl/N-ethyl adjacent to an activating group) is 1. The normalized spacial score (nSPS) is 25.0. The Kier molecular flexibility index (Phi) is 4.77. The number of nitriles is 1. The van der Waals surface area contributed by atoms with Gasteiger partial charge in [0.2, 0.25) is 0 Å². The topological polar surface area (TPSA) is 48.3 Å². The summed E-state index contributed by atoms with van der Waals surface area (Å²) in [6.45, 7) is 3.77. The van der Waals surface area contributed by atoms with Crippen molar-refractivity contribution >= 4 is 0 Å². The maximum absolute atomic E-state index is 9.18.